The van der Waals surface area contributed by atoms with Crippen molar-refractivity contribution in [3.63, 3.8) is 0 Å². The summed E-state index contributed by atoms with van der Waals surface area (Å²) in [6, 6.07) is 2.47. The Labute approximate surface area is 133 Å². The molecule has 0 aromatic carbocycles. The van der Waals surface area contributed by atoms with E-state index < -0.39 is 0 Å². The summed E-state index contributed by atoms with van der Waals surface area (Å²) >= 11 is 7.13. The summed E-state index contributed by atoms with van der Waals surface area (Å²) < 4.78 is 2.13. The molecule has 1 aliphatic rings. The fourth-order valence-electron chi connectivity index (χ4n) is 2.87. The predicted octanol–water partition coefficient (Wildman–Crippen LogP) is 5.23. The molecule has 1 aromatic rings. The summed E-state index contributed by atoms with van der Waals surface area (Å²) in [6.45, 7) is 3.27. The third-order valence-corrected chi connectivity index (χ3v) is 4.92. The average molecular weight is 390 g/mol. The molecule has 1 atom stereocenters. The van der Waals surface area contributed by atoms with Gasteiger partial charge in [0.2, 0.25) is 0 Å². The van der Waals surface area contributed by atoms with Gasteiger partial charge in [0, 0.05) is 15.1 Å². The standard InChI is InChI=1S/C15H22Br2N2/c1-2-7-18-14(8-11-5-3-4-6-11)15-13(17)9-12(16)10-19-15/h9-11,14,18H,2-8H2,1H3. The largest absolute Gasteiger partial charge is 0.309 e. The highest BCUT2D eigenvalue weighted by molar-refractivity contribution is 9.11. The van der Waals surface area contributed by atoms with Gasteiger partial charge in [-0.15, -0.1) is 0 Å². The molecule has 0 aliphatic heterocycles. The van der Waals surface area contributed by atoms with Crippen molar-refractivity contribution in [1.29, 1.82) is 0 Å². The SMILES string of the molecule is CCCNC(CC1CCCC1)c1ncc(Br)cc1Br. The van der Waals surface area contributed by atoms with Gasteiger partial charge < -0.3 is 5.32 Å². The van der Waals surface area contributed by atoms with Gasteiger partial charge in [0.05, 0.1) is 11.7 Å². The van der Waals surface area contributed by atoms with Crippen LogP contribution in [0.15, 0.2) is 21.2 Å². The lowest BCUT2D eigenvalue weighted by Gasteiger charge is -2.22. The highest BCUT2D eigenvalue weighted by atomic mass is 79.9. The van der Waals surface area contributed by atoms with Gasteiger partial charge in [-0.05, 0) is 63.2 Å². The highest BCUT2D eigenvalue weighted by Crippen LogP contribution is 2.35. The number of nitrogens with zero attached hydrogens (tertiary/aromatic N) is 1. The van der Waals surface area contributed by atoms with Crippen molar-refractivity contribution in [2.45, 2.75) is 51.5 Å². The van der Waals surface area contributed by atoms with Gasteiger partial charge in [0.15, 0.2) is 0 Å². The second-order valence-corrected chi connectivity index (χ2v) is 7.18. The minimum absolute atomic E-state index is 0.380. The summed E-state index contributed by atoms with van der Waals surface area (Å²) in [6.07, 6.45) is 9.86. The van der Waals surface area contributed by atoms with Crippen LogP contribution in [0.3, 0.4) is 0 Å². The Kier molecular flexibility index (Phi) is 6.30. The van der Waals surface area contributed by atoms with E-state index in [0.717, 1.165) is 33.5 Å². The Balaban J connectivity index is 2.10. The van der Waals surface area contributed by atoms with E-state index in [9.17, 15) is 0 Å². The van der Waals surface area contributed by atoms with Gasteiger partial charge in [-0.1, -0.05) is 32.6 Å². The lowest BCUT2D eigenvalue weighted by molar-refractivity contribution is 0.388. The maximum atomic E-state index is 4.62. The van der Waals surface area contributed by atoms with Crippen molar-refractivity contribution >= 4 is 31.9 Å². The zero-order valence-corrected chi connectivity index (χ0v) is 14.6. The molecular formula is C15H22Br2N2. The van der Waals surface area contributed by atoms with Crippen LogP contribution in [0.4, 0.5) is 0 Å². The number of aromatic nitrogens is 1. The Morgan fingerprint density at radius 1 is 1.37 bits per heavy atom. The van der Waals surface area contributed by atoms with Crippen molar-refractivity contribution in [2.24, 2.45) is 5.92 Å². The van der Waals surface area contributed by atoms with Crippen LogP contribution in [0.5, 0.6) is 0 Å². The smallest absolute Gasteiger partial charge is 0.0715 e. The van der Waals surface area contributed by atoms with Crippen molar-refractivity contribution in [3.8, 4) is 0 Å². The number of pyridine rings is 1. The molecule has 1 heterocycles. The average Bonchev–Trinajstić information content (AvgIpc) is 2.88. The van der Waals surface area contributed by atoms with Gasteiger partial charge in [-0.3, -0.25) is 4.98 Å². The maximum absolute atomic E-state index is 4.62. The van der Waals surface area contributed by atoms with Crippen molar-refractivity contribution < 1.29 is 0 Å². The fraction of sp³-hybridized carbons (Fsp3) is 0.667. The van der Waals surface area contributed by atoms with E-state index in [0.29, 0.717) is 6.04 Å². The molecule has 0 spiro atoms. The monoisotopic (exact) mass is 388 g/mol. The molecule has 0 radical (unpaired) electrons. The Morgan fingerprint density at radius 3 is 2.74 bits per heavy atom. The Hall–Kier alpha value is 0.0700. The number of nitrogens with one attached hydrogen (secondary N) is 1. The van der Waals surface area contributed by atoms with E-state index in [1.807, 2.05) is 6.20 Å². The van der Waals surface area contributed by atoms with Crippen LogP contribution in [0.1, 0.15) is 57.2 Å². The highest BCUT2D eigenvalue weighted by Gasteiger charge is 2.23. The summed E-state index contributed by atoms with van der Waals surface area (Å²) in [5.74, 6) is 0.867. The molecule has 2 nitrogen and oxygen atoms in total. The normalized spacial score (nSPS) is 17.8. The molecule has 1 fully saturated rings. The topological polar surface area (TPSA) is 24.9 Å². The van der Waals surface area contributed by atoms with Crippen LogP contribution in [-0.4, -0.2) is 11.5 Å². The van der Waals surface area contributed by atoms with Crippen molar-refractivity contribution in [1.82, 2.24) is 10.3 Å². The number of halogens is 2. The Bertz CT molecular complexity index is 403. The predicted molar refractivity (Wildman–Crippen MR) is 87.2 cm³/mol. The molecule has 0 amide bonds. The lowest BCUT2D eigenvalue weighted by Crippen LogP contribution is -2.25. The van der Waals surface area contributed by atoms with Crippen molar-refractivity contribution in [3.05, 3.63) is 26.9 Å². The van der Waals surface area contributed by atoms with Crippen LogP contribution in [0.25, 0.3) is 0 Å². The number of hydrogen-bond acceptors (Lipinski definition) is 2. The molecule has 1 unspecified atom stereocenters. The minimum atomic E-state index is 0.380. The molecule has 0 bridgehead atoms. The fourth-order valence-corrected chi connectivity index (χ4v) is 4.13. The zero-order valence-electron chi connectivity index (χ0n) is 11.5. The number of rotatable bonds is 6. The minimum Gasteiger partial charge on any atom is -0.309 e. The molecule has 4 heteroatoms. The molecule has 2 rings (SSSR count). The first kappa shape index (κ1) is 15.5. The quantitative estimate of drug-likeness (QED) is 0.720. The van der Waals surface area contributed by atoms with Crippen LogP contribution in [0, 0.1) is 5.92 Å². The van der Waals surface area contributed by atoms with Gasteiger partial charge in [0.25, 0.3) is 0 Å². The second kappa shape index (κ2) is 7.75. The van der Waals surface area contributed by atoms with Crippen LogP contribution < -0.4 is 5.32 Å². The molecule has 1 aliphatic carbocycles. The zero-order chi connectivity index (χ0) is 13.7. The molecular weight excluding hydrogens is 368 g/mol. The first-order valence-electron chi connectivity index (χ1n) is 7.25. The third-order valence-electron chi connectivity index (χ3n) is 3.85. The lowest BCUT2D eigenvalue weighted by atomic mass is 9.96. The molecule has 1 aromatic heterocycles. The first-order valence-corrected chi connectivity index (χ1v) is 8.83. The van der Waals surface area contributed by atoms with Gasteiger partial charge in [-0.25, -0.2) is 0 Å². The summed E-state index contributed by atoms with van der Waals surface area (Å²) in [4.78, 5) is 4.62. The summed E-state index contributed by atoms with van der Waals surface area (Å²) in [5, 5.41) is 3.67. The maximum Gasteiger partial charge on any atom is 0.0715 e. The molecule has 0 saturated heterocycles. The van der Waals surface area contributed by atoms with E-state index in [-0.39, 0.29) is 0 Å². The summed E-state index contributed by atoms with van der Waals surface area (Å²) in [7, 11) is 0. The van der Waals surface area contributed by atoms with Crippen molar-refractivity contribution in [2.75, 3.05) is 6.54 Å². The molecule has 1 N–H and O–H groups in total. The van der Waals surface area contributed by atoms with Crippen LogP contribution in [0.2, 0.25) is 0 Å². The van der Waals surface area contributed by atoms with Gasteiger partial charge in [0.1, 0.15) is 0 Å². The van der Waals surface area contributed by atoms with E-state index in [1.165, 1.54) is 32.1 Å². The first-order chi connectivity index (χ1) is 9.20. The second-order valence-electron chi connectivity index (χ2n) is 5.41. The van der Waals surface area contributed by atoms with E-state index in [4.69, 9.17) is 0 Å². The number of hydrogen-bond donors (Lipinski definition) is 1. The van der Waals surface area contributed by atoms with Crippen LogP contribution >= 0.6 is 31.9 Å². The van der Waals surface area contributed by atoms with Gasteiger partial charge in [-0.2, -0.15) is 0 Å². The summed E-state index contributed by atoms with van der Waals surface area (Å²) in [5.41, 5.74) is 1.16. The molecule has 19 heavy (non-hydrogen) atoms. The Morgan fingerprint density at radius 2 is 2.11 bits per heavy atom. The van der Waals surface area contributed by atoms with E-state index >= 15 is 0 Å². The van der Waals surface area contributed by atoms with E-state index in [2.05, 4.69) is 55.2 Å². The van der Waals surface area contributed by atoms with Crippen LogP contribution in [-0.2, 0) is 0 Å². The third kappa shape index (κ3) is 4.54. The molecule has 106 valence electrons. The van der Waals surface area contributed by atoms with E-state index in [1.54, 1.807) is 0 Å². The molecule has 1 saturated carbocycles. The van der Waals surface area contributed by atoms with Gasteiger partial charge >= 0.3 is 0 Å².